The lowest BCUT2D eigenvalue weighted by Crippen LogP contribution is -2.17. The molecule has 0 atom stereocenters. The zero-order valence-corrected chi connectivity index (χ0v) is 14.4. The van der Waals surface area contributed by atoms with Crippen LogP contribution in [0.4, 0.5) is 10.1 Å². The molecule has 0 saturated carbocycles. The zero-order valence-electron chi connectivity index (χ0n) is 14.4. The number of carbonyl (C=O) groups excluding carboxylic acids is 1. The van der Waals surface area contributed by atoms with E-state index in [1.165, 1.54) is 30.0 Å². The Hall–Kier alpha value is -3.01. The summed E-state index contributed by atoms with van der Waals surface area (Å²) < 4.78 is 26.4. The van der Waals surface area contributed by atoms with Crippen LogP contribution in [0.2, 0.25) is 0 Å². The number of nitrogen functional groups attached to an aromatic ring is 1. The highest BCUT2D eigenvalue weighted by molar-refractivity contribution is 5.96. The van der Waals surface area contributed by atoms with E-state index in [9.17, 15) is 14.4 Å². The van der Waals surface area contributed by atoms with Crippen molar-refractivity contribution in [1.29, 1.82) is 5.26 Å². The van der Waals surface area contributed by atoms with Gasteiger partial charge < -0.3 is 19.8 Å². The van der Waals surface area contributed by atoms with Gasteiger partial charge in [0, 0.05) is 6.20 Å². The second kappa shape index (κ2) is 7.71. The van der Waals surface area contributed by atoms with Crippen molar-refractivity contribution in [2.75, 3.05) is 12.8 Å². The van der Waals surface area contributed by atoms with Crippen molar-refractivity contribution < 1.29 is 18.7 Å². The van der Waals surface area contributed by atoms with E-state index in [0.717, 1.165) is 12.8 Å². The van der Waals surface area contributed by atoms with Crippen molar-refractivity contribution in [3.8, 4) is 17.5 Å². The van der Waals surface area contributed by atoms with Crippen molar-refractivity contribution >= 4 is 11.7 Å². The summed E-state index contributed by atoms with van der Waals surface area (Å²) in [4.78, 5) is 12.1. The molecule has 132 valence electrons. The molecule has 1 heterocycles. The second-order valence-corrected chi connectivity index (χ2v) is 5.42. The van der Waals surface area contributed by atoms with Crippen molar-refractivity contribution in [2.45, 2.75) is 32.8 Å². The van der Waals surface area contributed by atoms with Crippen LogP contribution in [0.25, 0.3) is 5.69 Å². The van der Waals surface area contributed by atoms with Gasteiger partial charge in [-0.25, -0.2) is 9.18 Å². The van der Waals surface area contributed by atoms with Crippen LogP contribution in [0.3, 0.4) is 0 Å². The largest absolute Gasteiger partial charge is 0.488 e. The van der Waals surface area contributed by atoms with Crippen LogP contribution in [-0.4, -0.2) is 23.8 Å². The second-order valence-electron chi connectivity index (χ2n) is 5.42. The fraction of sp³-hybridized carbons (Fsp3) is 0.333. The number of anilines is 1. The predicted octanol–water partition coefficient (Wildman–Crippen LogP) is 3.42. The Labute approximate surface area is 145 Å². The zero-order chi connectivity index (χ0) is 18.6. The molecule has 25 heavy (non-hydrogen) atoms. The Morgan fingerprint density at radius 3 is 2.64 bits per heavy atom. The number of hydrogen-bond acceptors (Lipinski definition) is 5. The quantitative estimate of drug-likeness (QED) is 0.810. The Balaban J connectivity index is 2.70. The number of carbonyl (C=O) groups is 1. The SMILES string of the molecule is CCC(CC)Oc1cccc(F)c1-n1cc(C#N)c(N)c1C(=O)OC. The smallest absolute Gasteiger partial charge is 0.357 e. The minimum Gasteiger partial charge on any atom is -0.488 e. The van der Waals surface area contributed by atoms with Gasteiger partial charge in [0.25, 0.3) is 0 Å². The van der Waals surface area contributed by atoms with Gasteiger partial charge in [-0.2, -0.15) is 5.26 Å². The summed E-state index contributed by atoms with van der Waals surface area (Å²) in [7, 11) is 1.19. The number of esters is 1. The molecule has 0 unspecified atom stereocenters. The molecule has 2 rings (SSSR count). The molecule has 0 aliphatic carbocycles. The predicted molar refractivity (Wildman–Crippen MR) is 91.2 cm³/mol. The summed E-state index contributed by atoms with van der Waals surface area (Å²) in [5.41, 5.74) is 5.77. The average molecular weight is 345 g/mol. The highest BCUT2D eigenvalue weighted by Crippen LogP contribution is 2.33. The highest BCUT2D eigenvalue weighted by atomic mass is 19.1. The van der Waals surface area contributed by atoms with Gasteiger partial charge in [-0.15, -0.1) is 0 Å². The summed E-state index contributed by atoms with van der Waals surface area (Å²) in [5.74, 6) is -1.11. The Morgan fingerprint density at radius 1 is 1.40 bits per heavy atom. The molecule has 1 aromatic carbocycles. The molecule has 1 aromatic heterocycles. The number of aromatic nitrogens is 1. The number of nitriles is 1. The minimum atomic E-state index is -0.768. The topological polar surface area (TPSA) is 90.3 Å². The first-order chi connectivity index (χ1) is 12.0. The minimum absolute atomic E-state index is 0.0167. The van der Waals surface area contributed by atoms with Crippen LogP contribution in [-0.2, 0) is 4.74 Å². The lowest BCUT2D eigenvalue weighted by Gasteiger charge is -2.20. The van der Waals surface area contributed by atoms with Gasteiger partial charge in [0.2, 0.25) is 0 Å². The molecular formula is C18H20FN3O3. The fourth-order valence-corrected chi connectivity index (χ4v) is 2.55. The number of ether oxygens (including phenoxy) is 2. The summed E-state index contributed by atoms with van der Waals surface area (Å²) >= 11 is 0. The average Bonchev–Trinajstić information content (AvgIpc) is 2.95. The lowest BCUT2D eigenvalue weighted by molar-refractivity contribution is 0.0593. The van der Waals surface area contributed by atoms with Gasteiger partial charge in [-0.3, -0.25) is 0 Å². The van der Waals surface area contributed by atoms with Gasteiger partial charge in [-0.1, -0.05) is 19.9 Å². The van der Waals surface area contributed by atoms with Gasteiger partial charge in [-0.05, 0) is 25.0 Å². The van der Waals surface area contributed by atoms with E-state index in [1.807, 2.05) is 19.9 Å². The van der Waals surface area contributed by atoms with Gasteiger partial charge >= 0.3 is 5.97 Å². The van der Waals surface area contributed by atoms with Crippen molar-refractivity contribution in [3.05, 3.63) is 41.5 Å². The summed E-state index contributed by atoms with van der Waals surface area (Å²) in [6.07, 6.45) is 2.69. The fourth-order valence-electron chi connectivity index (χ4n) is 2.55. The van der Waals surface area contributed by atoms with Gasteiger partial charge in [0.15, 0.2) is 11.5 Å². The molecule has 2 N–H and O–H groups in total. The third-order valence-electron chi connectivity index (χ3n) is 3.94. The molecule has 0 aliphatic heterocycles. The molecule has 0 amide bonds. The monoisotopic (exact) mass is 345 g/mol. The van der Waals surface area contributed by atoms with E-state index in [4.69, 9.17) is 15.2 Å². The third-order valence-corrected chi connectivity index (χ3v) is 3.94. The number of para-hydroxylation sites is 1. The third kappa shape index (κ3) is 3.43. The Morgan fingerprint density at radius 2 is 2.08 bits per heavy atom. The first-order valence-electron chi connectivity index (χ1n) is 7.93. The van der Waals surface area contributed by atoms with Crippen molar-refractivity contribution in [2.24, 2.45) is 0 Å². The normalized spacial score (nSPS) is 10.6. The Bertz CT molecular complexity index is 820. The summed E-state index contributed by atoms with van der Waals surface area (Å²) in [5, 5.41) is 9.20. The molecule has 0 bridgehead atoms. The summed E-state index contributed by atoms with van der Waals surface area (Å²) in [6.45, 7) is 3.93. The van der Waals surface area contributed by atoms with E-state index >= 15 is 0 Å². The number of nitrogens with zero attached hydrogens (tertiary/aromatic N) is 2. The molecule has 0 saturated heterocycles. The number of hydrogen-bond donors (Lipinski definition) is 1. The number of rotatable bonds is 6. The first kappa shape index (κ1) is 18.3. The van der Waals surface area contributed by atoms with Crippen LogP contribution in [0, 0.1) is 17.1 Å². The summed E-state index contributed by atoms with van der Waals surface area (Å²) in [6, 6.07) is 6.27. The van der Waals surface area contributed by atoms with E-state index in [2.05, 4.69) is 0 Å². The van der Waals surface area contributed by atoms with E-state index in [-0.39, 0.29) is 34.5 Å². The van der Waals surface area contributed by atoms with Gasteiger partial charge in [0.1, 0.15) is 17.5 Å². The molecule has 0 fully saturated rings. The van der Waals surface area contributed by atoms with Crippen LogP contribution < -0.4 is 10.5 Å². The number of halogens is 1. The van der Waals surface area contributed by atoms with Crippen LogP contribution in [0.15, 0.2) is 24.4 Å². The van der Waals surface area contributed by atoms with E-state index < -0.39 is 11.8 Å². The molecule has 0 aliphatic rings. The van der Waals surface area contributed by atoms with Crippen molar-refractivity contribution in [1.82, 2.24) is 4.57 Å². The molecule has 7 heteroatoms. The Kier molecular flexibility index (Phi) is 5.65. The highest BCUT2D eigenvalue weighted by Gasteiger charge is 2.25. The van der Waals surface area contributed by atoms with Crippen molar-refractivity contribution in [3.63, 3.8) is 0 Å². The molecular weight excluding hydrogens is 325 g/mol. The maximum Gasteiger partial charge on any atom is 0.357 e. The molecule has 2 aromatic rings. The molecule has 6 nitrogen and oxygen atoms in total. The molecule has 0 spiro atoms. The standard InChI is InChI=1S/C18H20FN3O3/c1-4-12(5-2)25-14-8-6-7-13(19)16(14)22-10-11(9-20)15(21)17(22)18(23)24-3/h6-8,10,12H,4-5,21H2,1-3H3. The maximum atomic E-state index is 14.6. The molecule has 0 radical (unpaired) electrons. The van der Waals surface area contributed by atoms with Gasteiger partial charge in [0.05, 0.1) is 24.5 Å². The van der Waals surface area contributed by atoms with E-state index in [0.29, 0.717) is 0 Å². The number of methoxy groups -OCH3 is 1. The van der Waals surface area contributed by atoms with Crippen LogP contribution in [0.1, 0.15) is 42.7 Å². The number of benzene rings is 1. The van der Waals surface area contributed by atoms with Crippen LogP contribution in [0.5, 0.6) is 5.75 Å². The maximum absolute atomic E-state index is 14.6. The number of nitrogens with two attached hydrogens (primary N) is 1. The van der Waals surface area contributed by atoms with E-state index in [1.54, 1.807) is 6.07 Å². The lowest BCUT2D eigenvalue weighted by atomic mass is 10.2. The van der Waals surface area contributed by atoms with Crippen LogP contribution >= 0.6 is 0 Å². The first-order valence-corrected chi connectivity index (χ1v) is 7.93.